The fraction of sp³-hybridized carbons (Fsp3) is 0.933. The van der Waals surface area contributed by atoms with Gasteiger partial charge in [-0.15, -0.1) is 0 Å². The second kappa shape index (κ2) is 4.84. The molecule has 3 fully saturated rings. The first-order chi connectivity index (χ1) is 8.65. The van der Waals surface area contributed by atoms with E-state index in [4.69, 9.17) is 5.73 Å². The molecule has 2 saturated carbocycles. The normalized spacial score (nSPS) is 38.1. The van der Waals surface area contributed by atoms with Gasteiger partial charge in [0.2, 0.25) is 5.91 Å². The van der Waals surface area contributed by atoms with Gasteiger partial charge in [-0.2, -0.15) is 0 Å². The van der Waals surface area contributed by atoms with Gasteiger partial charge in [0.05, 0.1) is 0 Å². The molecule has 2 N–H and O–H groups in total. The van der Waals surface area contributed by atoms with Crippen molar-refractivity contribution < 1.29 is 4.79 Å². The third-order valence-electron chi connectivity index (χ3n) is 5.65. The molecule has 3 heteroatoms. The summed E-state index contributed by atoms with van der Waals surface area (Å²) in [6.07, 6.45) is 7.39. The van der Waals surface area contributed by atoms with Gasteiger partial charge in [-0.3, -0.25) is 4.79 Å². The van der Waals surface area contributed by atoms with E-state index >= 15 is 0 Å². The summed E-state index contributed by atoms with van der Waals surface area (Å²) >= 11 is 0. The van der Waals surface area contributed by atoms with E-state index in [-0.39, 0.29) is 6.04 Å². The molecule has 0 spiro atoms. The Morgan fingerprint density at radius 2 is 1.89 bits per heavy atom. The van der Waals surface area contributed by atoms with Crippen molar-refractivity contribution >= 4 is 5.91 Å². The van der Waals surface area contributed by atoms with Crippen LogP contribution in [-0.4, -0.2) is 29.9 Å². The van der Waals surface area contributed by atoms with Crippen molar-refractivity contribution in [3.05, 3.63) is 0 Å². The maximum atomic E-state index is 12.6. The van der Waals surface area contributed by atoms with Gasteiger partial charge in [-0.05, 0) is 56.8 Å². The molecule has 1 aliphatic heterocycles. The van der Waals surface area contributed by atoms with Crippen LogP contribution >= 0.6 is 0 Å². The van der Waals surface area contributed by atoms with Gasteiger partial charge in [0.25, 0.3) is 0 Å². The Labute approximate surface area is 110 Å². The summed E-state index contributed by atoms with van der Waals surface area (Å²) < 4.78 is 0. The molecule has 0 aromatic carbocycles. The third-order valence-corrected chi connectivity index (χ3v) is 5.65. The van der Waals surface area contributed by atoms with Crippen molar-refractivity contribution in [3.63, 3.8) is 0 Å². The maximum absolute atomic E-state index is 12.6. The Kier molecular flexibility index (Phi) is 3.35. The van der Waals surface area contributed by atoms with Crippen molar-refractivity contribution in [2.75, 3.05) is 13.1 Å². The second-order valence-electron chi connectivity index (χ2n) is 6.80. The minimum atomic E-state index is 0.282. The number of piperidine rings is 1. The first-order valence-corrected chi connectivity index (χ1v) is 7.69. The van der Waals surface area contributed by atoms with Crippen molar-refractivity contribution in [2.24, 2.45) is 29.4 Å². The number of hydrogen-bond acceptors (Lipinski definition) is 2. The maximum Gasteiger partial charge on any atom is 0.225 e. The lowest BCUT2D eigenvalue weighted by Crippen LogP contribution is -2.45. The Morgan fingerprint density at radius 3 is 2.39 bits per heavy atom. The molecule has 3 nitrogen and oxygen atoms in total. The molecule has 4 atom stereocenters. The zero-order chi connectivity index (χ0) is 12.7. The number of hydrogen-bond donors (Lipinski definition) is 1. The number of carbonyl (C=O) groups excluding carboxylic acids is 1. The van der Waals surface area contributed by atoms with Gasteiger partial charge >= 0.3 is 0 Å². The quantitative estimate of drug-likeness (QED) is 0.815. The first-order valence-electron chi connectivity index (χ1n) is 7.69. The fourth-order valence-electron chi connectivity index (χ4n) is 4.43. The Balaban J connectivity index is 1.55. The Hall–Kier alpha value is -0.570. The standard InChI is InChI=1S/C15H26N2O/c1-10(16)12-4-6-17(7-5-12)15(18)14-9-11-2-3-13(14)8-11/h10-14H,2-9,16H2,1H3. The number of amides is 1. The molecular formula is C15H26N2O. The third kappa shape index (κ3) is 2.18. The van der Waals surface area contributed by atoms with Gasteiger partial charge < -0.3 is 10.6 Å². The number of fused-ring (bicyclic) bond motifs is 2. The number of rotatable bonds is 2. The number of nitrogens with two attached hydrogens (primary N) is 1. The number of carbonyl (C=O) groups is 1. The van der Waals surface area contributed by atoms with Crippen LogP contribution in [0.1, 0.15) is 45.4 Å². The summed E-state index contributed by atoms with van der Waals surface area (Å²) in [7, 11) is 0. The van der Waals surface area contributed by atoms with Crippen LogP contribution in [0.15, 0.2) is 0 Å². The number of nitrogens with zero attached hydrogens (tertiary/aromatic N) is 1. The predicted octanol–water partition coefficient (Wildman–Crippen LogP) is 2.01. The lowest BCUT2D eigenvalue weighted by Gasteiger charge is -2.36. The average Bonchev–Trinajstić information content (AvgIpc) is 3.00. The van der Waals surface area contributed by atoms with Crippen LogP contribution in [0.25, 0.3) is 0 Å². The van der Waals surface area contributed by atoms with E-state index in [2.05, 4.69) is 11.8 Å². The molecule has 102 valence electrons. The van der Waals surface area contributed by atoms with E-state index < -0.39 is 0 Å². The monoisotopic (exact) mass is 250 g/mol. The van der Waals surface area contributed by atoms with E-state index in [0.29, 0.717) is 23.7 Å². The van der Waals surface area contributed by atoms with E-state index in [0.717, 1.165) is 31.8 Å². The lowest BCUT2D eigenvalue weighted by molar-refractivity contribution is -0.138. The van der Waals surface area contributed by atoms with Crippen molar-refractivity contribution in [2.45, 2.75) is 51.5 Å². The van der Waals surface area contributed by atoms with Gasteiger partial charge in [0, 0.05) is 25.0 Å². The smallest absolute Gasteiger partial charge is 0.225 e. The van der Waals surface area contributed by atoms with Gasteiger partial charge in [0.1, 0.15) is 0 Å². The summed E-state index contributed by atoms with van der Waals surface area (Å²) in [6, 6.07) is 0.282. The second-order valence-corrected chi connectivity index (χ2v) is 6.80. The molecule has 0 aromatic rings. The van der Waals surface area contributed by atoms with Gasteiger partial charge in [-0.25, -0.2) is 0 Å². The minimum Gasteiger partial charge on any atom is -0.342 e. The molecule has 1 heterocycles. The molecule has 2 bridgehead atoms. The summed E-state index contributed by atoms with van der Waals surface area (Å²) in [5.41, 5.74) is 5.96. The van der Waals surface area contributed by atoms with Crippen molar-refractivity contribution in [3.8, 4) is 0 Å². The molecule has 3 aliphatic rings. The predicted molar refractivity (Wildman–Crippen MR) is 71.9 cm³/mol. The van der Waals surface area contributed by atoms with E-state index in [1.807, 2.05) is 0 Å². The molecule has 4 unspecified atom stereocenters. The SMILES string of the molecule is CC(N)C1CCN(C(=O)C2CC3CCC2C3)CC1. The highest BCUT2D eigenvalue weighted by molar-refractivity contribution is 5.79. The van der Waals surface area contributed by atoms with E-state index in [9.17, 15) is 4.79 Å². The molecule has 1 saturated heterocycles. The van der Waals surface area contributed by atoms with E-state index in [1.165, 1.54) is 25.7 Å². The van der Waals surface area contributed by atoms with Crippen LogP contribution in [0.3, 0.4) is 0 Å². The van der Waals surface area contributed by atoms with Crippen LogP contribution in [-0.2, 0) is 4.79 Å². The molecular weight excluding hydrogens is 224 g/mol. The zero-order valence-electron chi connectivity index (χ0n) is 11.5. The summed E-state index contributed by atoms with van der Waals surface area (Å²) in [6.45, 7) is 3.98. The highest BCUT2D eigenvalue weighted by Crippen LogP contribution is 2.49. The lowest BCUT2D eigenvalue weighted by atomic mass is 9.86. The number of likely N-dealkylation sites (tertiary alicyclic amines) is 1. The Morgan fingerprint density at radius 1 is 1.17 bits per heavy atom. The summed E-state index contributed by atoms with van der Waals surface area (Å²) in [5, 5.41) is 0. The average molecular weight is 250 g/mol. The summed E-state index contributed by atoms with van der Waals surface area (Å²) in [5.74, 6) is 3.04. The molecule has 0 radical (unpaired) electrons. The molecule has 2 aliphatic carbocycles. The zero-order valence-corrected chi connectivity index (χ0v) is 11.5. The molecule has 0 aromatic heterocycles. The molecule has 3 rings (SSSR count). The van der Waals surface area contributed by atoms with Crippen LogP contribution in [0.2, 0.25) is 0 Å². The van der Waals surface area contributed by atoms with E-state index in [1.54, 1.807) is 0 Å². The van der Waals surface area contributed by atoms with Gasteiger partial charge in [-0.1, -0.05) is 6.42 Å². The summed E-state index contributed by atoms with van der Waals surface area (Å²) in [4.78, 5) is 14.7. The van der Waals surface area contributed by atoms with Gasteiger partial charge in [0.15, 0.2) is 0 Å². The first kappa shape index (κ1) is 12.5. The fourth-order valence-corrected chi connectivity index (χ4v) is 4.43. The van der Waals surface area contributed by atoms with Crippen molar-refractivity contribution in [1.82, 2.24) is 4.90 Å². The van der Waals surface area contributed by atoms with Crippen LogP contribution in [0.4, 0.5) is 0 Å². The van der Waals surface area contributed by atoms with Crippen LogP contribution in [0, 0.1) is 23.7 Å². The van der Waals surface area contributed by atoms with Crippen molar-refractivity contribution in [1.29, 1.82) is 0 Å². The minimum absolute atomic E-state index is 0.282. The highest BCUT2D eigenvalue weighted by atomic mass is 16.2. The molecule has 18 heavy (non-hydrogen) atoms. The highest BCUT2D eigenvalue weighted by Gasteiger charge is 2.44. The van der Waals surface area contributed by atoms with Crippen LogP contribution < -0.4 is 5.73 Å². The van der Waals surface area contributed by atoms with Crippen LogP contribution in [0.5, 0.6) is 0 Å². The Bertz CT molecular complexity index is 320. The topological polar surface area (TPSA) is 46.3 Å². The largest absolute Gasteiger partial charge is 0.342 e. The molecule has 1 amide bonds.